The quantitative estimate of drug-likeness (QED) is 0.788. The third-order valence-electron chi connectivity index (χ3n) is 3.95. The SMILES string of the molecule is COC1CN(c2ccc(CBr)cc2C)CCC1C. The predicted molar refractivity (Wildman–Crippen MR) is 80.6 cm³/mol. The van der Waals surface area contributed by atoms with Crippen LogP contribution in [0, 0.1) is 12.8 Å². The van der Waals surface area contributed by atoms with Gasteiger partial charge in [0.05, 0.1) is 6.10 Å². The Bertz CT molecular complexity index is 407. The fourth-order valence-corrected chi connectivity index (χ4v) is 3.06. The maximum Gasteiger partial charge on any atom is 0.0772 e. The third-order valence-corrected chi connectivity index (χ3v) is 4.60. The molecule has 0 radical (unpaired) electrons. The average molecular weight is 312 g/mol. The molecule has 18 heavy (non-hydrogen) atoms. The number of hydrogen-bond acceptors (Lipinski definition) is 2. The highest BCUT2D eigenvalue weighted by atomic mass is 79.9. The lowest BCUT2D eigenvalue weighted by atomic mass is 9.95. The number of methoxy groups -OCH3 is 1. The van der Waals surface area contributed by atoms with Crippen molar-refractivity contribution in [3.05, 3.63) is 29.3 Å². The van der Waals surface area contributed by atoms with Crippen LogP contribution in [0.15, 0.2) is 18.2 Å². The number of alkyl halides is 1. The molecule has 1 saturated heterocycles. The zero-order chi connectivity index (χ0) is 13.1. The maximum atomic E-state index is 5.59. The Hall–Kier alpha value is -0.540. The average Bonchev–Trinajstić information content (AvgIpc) is 2.39. The highest BCUT2D eigenvalue weighted by Crippen LogP contribution is 2.28. The summed E-state index contributed by atoms with van der Waals surface area (Å²) in [5.41, 5.74) is 4.05. The van der Waals surface area contributed by atoms with Crippen molar-refractivity contribution in [2.45, 2.75) is 31.7 Å². The molecule has 0 spiro atoms. The first-order valence-electron chi connectivity index (χ1n) is 6.59. The summed E-state index contributed by atoms with van der Waals surface area (Å²) in [5, 5.41) is 0.922. The second kappa shape index (κ2) is 6.07. The molecule has 0 bridgehead atoms. The van der Waals surface area contributed by atoms with E-state index in [2.05, 4.69) is 52.9 Å². The zero-order valence-electron chi connectivity index (χ0n) is 11.4. The number of halogens is 1. The Labute approximate surface area is 118 Å². The second-order valence-electron chi connectivity index (χ2n) is 5.24. The summed E-state index contributed by atoms with van der Waals surface area (Å²) in [6.45, 7) is 6.62. The number of piperidine rings is 1. The number of ether oxygens (including phenoxy) is 1. The third kappa shape index (κ3) is 2.89. The van der Waals surface area contributed by atoms with E-state index in [1.165, 1.54) is 23.2 Å². The molecule has 2 rings (SSSR count). The Morgan fingerprint density at radius 3 is 2.83 bits per heavy atom. The van der Waals surface area contributed by atoms with Crippen molar-refractivity contribution in [1.29, 1.82) is 0 Å². The van der Waals surface area contributed by atoms with Gasteiger partial charge in [0, 0.05) is 31.2 Å². The van der Waals surface area contributed by atoms with E-state index < -0.39 is 0 Å². The Balaban J connectivity index is 2.16. The van der Waals surface area contributed by atoms with Crippen LogP contribution in [0.1, 0.15) is 24.5 Å². The van der Waals surface area contributed by atoms with Crippen LogP contribution in [0.5, 0.6) is 0 Å². The Morgan fingerprint density at radius 2 is 2.22 bits per heavy atom. The van der Waals surface area contributed by atoms with Crippen LogP contribution in [0.2, 0.25) is 0 Å². The van der Waals surface area contributed by atoms with E-state index in [9.17, 15) is 0 Å². The molecule has 0 aromatic heterocycles. The number of nitrogens with zero attached hydrogens (tertiary/aromatic N) is 1. The molecule has 0 N–H and O–H groups in total. The standard InChI is InChI=1S/C15H22BrNO/c1-11-6-7-17(10-15(11)18-3)14-5-4-13(9-16)8-12(14)2/h4-5,8,11,15H,6-7,9-10H2,1-3H3. The normalized spacial score (nSPS) is 24.3. The molecule has 1 aromatic carbocycles. The van der Waals surface area contributed by atoms with Gasteiger partial charge in [-0.05, 0) is 36.5 Å². The zero-order valence-corrected chi connectivity index (χ0v) is 13.0. The van der Waals surface area contributed by atoms with Gasteiger partial charge in [0.25, 0.3) is 0 Å². The van der Waals surface area contributed by atoms with Gasteiger partial charge in [0.15, 0.2) is 0 Å². The van der Waals surface area contributed by atoms with Gasteiger partial charge in [-0.2, -0.15) is 0 Å². The lowest BCUT2D eigenvalue weighted by Crippen LogP contribution is -2.44. The summed E-state index contributed by atoms with van der Waals surface area (Å²) in [6.07, 6.45) is 1.56. The largest absolute Gasteiger partial charge is 0.379 e. The molecule has 2 atom stereocenters. The van der Waals surface area contributed by atoms with Crippen molar-refractivity contribution >= 4 is 21.6 Å². The molecule has 100 valence electrons. The lowest BCUT2D eigenvalue weighted by Gasteiger charge is -2.38. The number of anilines is 1. The van der Waals surface area contributed by atoms with Crippen molar-refractivity contribution in [1.82, 2.24) is 0 Å². The van der Waals surface area contributed by atoms with Crippen LogP contribution in [-0.4, -0.2) is 26.3 Å². The van der Waals surface area contributed by atoms with Gasteiger partial charge in [-0.1, -0.05) is 35.0 Å². The van der Waals surface area contributed by atoms with Crippen molar-refractivity contribution in [2.24, 2.45) is 5.92 Å². The summed E-state index contributed by atoms with van der Waals surface area (Å²) in [6, 6.07) is 6.72. The molecule has 1 aromatic rings. The van der Waals surface area contributed by atoms with E-state index in [1.807, 2.05) is 7.11 Å². The summed E-state index contributed by atoms with van der Waals surface area (Å²) >= 11 is 3.51. The van der Waals surface area contributed by atoms with E-state index in [4.69, 9.17) is 4.74 Å². The summed E-state index contributed by atoms with van der Waals surface area (Å²) < 4.78 is 5.59. The van der Waals surface area contributed by atoms with Gasteiger partial charge in [-0.15, -0.1) is 0 Å². The fraction of sp³-hybridized carbons (Fsp3) is 0.600. The van der Waals surface area contributed by atoms with Crippen LogP contribution < -0.4 is 4.90 Å². The van der Waals surface area contributed by atoms with E-state index in [-0.39, 0.29) is 0 Å². The number of hydrogen-bond donors (Lipinski definition) is 0. The summed E-state index contributed by atoms with van der Waals surface area (Å²) in [5.74, 6) is 0.661. The van der Waals surface area contributed by atoms with E-state index in [0.29, 0.717) is 12.0 Å². The summed E-state index contributed by atoms with van der Waals surface area (Å²) in [4.78, 5) is 2.46. The molecule has 1 fully saturated rings. The maximum absolute atomic E-state index is 5.59. The first kappa shape index (κ1) is 13.9. The van der Waals surface area contributed by atoms with Gasteiger partial charge in [-0.3, -0.25) is 0 Å². The van der Waals surface area contributed by atoms with Crippen molar-refractivity contribution < 1.29 is 4.74 Å². The monoisotopic (exact) mass is 311 g/mol. The molecular formula is C15H22BrNO. The molecule has 1 aliphatic rings. The molecule has 1 heterocycles. The van der Waals surface area contributed by atoms with Crippen molar-refractivity contribution in [2.75, 3.05) is 25.1 Å². The molecule has 0 saturated carbocycles. The highest BCUT2D eigenvalue weighted by molar-refractivity contribution is 9.08. The number of benzene rings is 1. The smallest absolute Gasteiger partial charge is 0.0772 e. The van der Waals surface area contributed by atoms with Crippen LogP contribution in [0.4, 0.5) is 5.69 Å². The molecule has 2 nitrogen and oxygen atoms in total. The van der Waals surface area contributed by atoms with Crippen LogP contribution in [0.25, 0.3) is 0 Å². The van der Waals surface area contributed by atoms with Gasteiger partial charge in [-0.25, -0.2) is 0 Å². The predicted octanol–water partition coefficient (Wildman–Crippen LogP) is 3.75. The first-order chi connectivity index (χ1) is 8.65. The first-order valence-corrected chi connectivity index (χ1v) is 7.71. The van der Waals surface area contributed by atoms with E-state index in [1.54, 1.807) is 0 Å². The van der Waals surface area contributed by atoms with Gasteiger partial charge < -0.3 is 9.64 Å². The molecule has 3 heteroatoms. The number of rotatable bonds is 3. The van der Waals surface area contributed by atoms with Crippen LogP contribution in [-0.2, 0) is 10.1 Å². The van der Waals surface area contributed by atoms with E-state index in [0.717, 1.165) is 18.4 Å². The fourth-order valence-electron chi connectivity index (χ4n) is 2.71. The van der Waals surface area contributed by atoms with Crippen LogP contribution >= 0.6 is 15.9 Å². The van der Waals surface area contributed by atoms with Crippen molar-refractivity contribution in [3.63, 3.8) is 0 Å². The summed E-state index contributed by atoms with van der Waals surface area (Å²) in [7, 11) is 1.82. The molecule has 1 aliphatic heterocycles. The topological polar surface area (TPSA) is 12.5 Å². The molecule has 2 unspecified atom stereocenters. The highest BCUT2D eigenvalue weighted by Gasteiger charge is 2.26. The Morgan fingerprint density at radius 1 is 1.44 bits per heavy atom. The Kier molecular flexibility index (Phi) is 4.68. The van der Waals surface area contributed by atoms with E-state index >= 15 is 0 Å². The van der Waals surface area contributed by atoms with Gasteiger partial charge in [0.2, 0.25) is 0 Å². The van der Waals surface area contributed by atoms with Crippen molar-refractivity contribution in [3.8, 4) is 0 Å². The van der Waals surface area contributed by atoms with Gasteiger partial charge in [0.1, 0.15) is 0 Å². The molecular weight excluding hydrogens is 290 g/mol. The number of aryl methyl sites for hydroxylation is 1. The lowest BCUT2D eigenvalue weighted by molar-refractivity contribution is 0.0498. The second-order valence-corrected chi connectivity index (χ2v) is 5.80. The minimum atomic E-state index is 0.356. The molecule has 0 aliphatic carbocycles. The molecule has 0 amide bonds. The van der Waals surface area contributed by atoms with Crippen LogP contribution in [0.3, 0.4) is 0 Å². The minimum absolute atomic E-state index is 0.356. The minimum Gasteiger partial charge on any atom is -0.379 e. The van der Waals surface area contributed by atoms with Gasteiger partial charge >= 0.3 is 0 Å².